The number of methoxy groups -OCH3 is 1. The van der Waals surface area contributed by atoms with E-state index in [0.717, 1.165) is 19.4 Å². The summed E-state index contributed by atoms with van der Waals surface area (Å²) in [7, 11) is 1.37. The molecule has 0 saturated carbocycles. The molecule has 0 bridgehead atoms. The third-order valence-corrected chi connectivity index (χ3v) is 3.51. The van der Waals surface area contributed by atoms with E-state index in [1.165, 1.54) is 19.2 Å². The Labute approximate surface area is 140 Å². The van der Waals surface area contributed by atoms with Crippen LogP contribution in [0.5, 0.6) is 5.75 Å². The second kappa shape index (κ2) is 8.61. The molecule has 0 aliphatic carbocycles. The van der Waals surface area contributed by atoms with Gasteiger partial charge in [-0.3, -0.25) is 14.9 Å². The van der Waals surface area contributed by atoms with E-state index in [1.54, 1.807) is 6.07 Å². The van der Waals surface area contributed by atoms with Gasteiger partial charge in [0.15, 0.2) is 18.1 Å². The fraction of sp³-hybridized carbons (Fsp3) is 0.294. The van der Waals surface area contributed by atoms with Gasteiger partial charge in [0.2, 0.25) is 5.91 Å². The van der Waals surface area contributed by atoms with Crippen LogP contribution in [-0.4, -0.2) is 17.9 Å². The summed E-state index contributed by atoms with van der Waals surface area (Å²) in [5.74, 6) is 0.00501. The number of hydrogen-bond acceptors (Lipinski definition) is 4. The molecule has 0 fully saturated rings. The Morgan fingerprint density at radius 3 is 2.67 bits per heavy atom. The van der Waals surface area contributed by atoms with Gasteiger partial charge in [0.25, 0.3) is 0 Å². The summed E-state index contributed by atoms with van der Waals surface area (Å²) < 4.78 is 6.99. The Bertz CT molecular complexity index is 704. The molecule has 1 aromatic carbocycles. The SMILES string of the molecule is COc1ccc(NC(=O)CCCC[n+]2ccccc2)cc1[N+](=O)[O-]. The van der Waals surface area contributed by atoms with E-state index in [0.29, 0.717) is 12.1 Å². The molecule has 0 unspecified atom stereocenters. The lowest BCUT2D eigenvalue weighted by Crippen LogP contribution is -2.32. The van der Waals surface area contributed by atoms with E-state index in [9.17, 15) is 14.9 Å². The first-order valence-electron chi connectivity index (χ1n) is 7.66. The quantitative estimate of drug-likeness (QED) is 0.349. The first kappa shape index (κ1) is 17.4. The molecule has 24 heavy (non-hydrogen) atoms. The Morgan fingerprint density at radius 2 is 2.00 bits per heavy atom. The maximum absolute atomic E-state index is 11.9. The topological polar surface area (TPSA) is 85.3 Å². The predicted molar refractivity (Wildman–Crippen MR) is 88.8 cm³/mol. The van der Waals surface area contributed by atoms with Gasteiger partial charge < -0.3 is 10.1 Å². The maximum atomic E-state index is 11.9. The summed E-state index contributed by atoms with van der Waals surface area (Å²) >= 11 is 0. The van der Waals surface area contributed by atoms with E-state index in [-0.39, 0.29) is 17.3 Å². The predicted octanol–water partition coefficient (Wildman–Crippen LogP) is 2.70. The molecule has 1 N–H and O–H groups in total. The lowest BCUT2D eigenvalue weighted by Gasteiger charge is -2.07. The van der Waals surface area contributed by atoms with Crippen molar-refractivity contribution >= 4 is 17.3 Å². The van der Waals surface area contributed by atoms with Crippen molar-refractivity contribution in [2.24, 2.45) is 0 Å². The number of nitrogens with zero attached hydrogens (tertiary/aromatic N) is 2. The van der Waals surface area contributed by atoms with Crippen LogP contribution in [0.1, 0.15) is 19.3 Å². The summed E-state index contributed by atoms with van der Waals surface area (Å²) in [6.45, 7) is 0.849. The van der Waals surface area contributed by atoms with Crippen molar-refractivity contribution in [3.63, 3.8) is 0 Å². The zero-order valence-corrected chi connectivity index (χ0v) is 13.5. The number of unbranched alkanes of at least 4 members (excludes halogenated alkanes) is 1. The number of aryl methyl sites for hydroxylation is 1. The minimum Gasteiger partial charge on any atom is -0.490 e. The number of nitro benzene ring substituents is 1. The molecular formula is C17H20N3O4+. The molecule has 2 rings (SSSR count). The molecule has 0 atom stereocenters. The van der Waals surface area contributed by atoms with Crippen LogP contribution in [0.15, 0.2) is 48.8 Å². The van der Waals surface area contributed by atoms with Crippen LogP contribution in [0.4, 0.5) is 11.4 Å². The van der Waals surface area contributed by atoms with Gasteiger partial charge in [0.1, 0.15) is 6.54 Å². The zero-order valence-electron chi connectivity index (χ0n) is 13.5. The Kier molecular flexibility index (Phi) is 6.24. The van der Waals surface area contributed by atoms with Crippen molar-refractivity contribution in [3.05, 3.63) is 58.9 Å². The van der Waals surface area contributed by atoms with Crippen LogP contribution in [0.25, 0.3) is 0 Å². The molecule has 1 heterocycles. The highest BCUT2D eigenvalue weighted by molar-refractivity contribution is 5.91. The smallest absolute Gasteiger partial charge is 0.312 e. The van der Waals surface area contributed by atoms with Crippen molar-refractivity contribution in [1.29, 1.82) is 0 Å². The number of nitro groups is 1. The van der Waals surface area contributed by atoms with Gasteiger partial charge in [-0.15, -0.1) is 0 Å². The number of ether oxygens (including phenoxy) is 1. The lowest BCUT2D eigenvalue weighted by molar-refractivity contribution is -0.697. The molecule has 0 aliphatic rings. The average Bonchev–Trinajstić information content (AvgIpc) is 2.59. The van der Waals surface area contributed by atoms with Crippen LogP contribution in [-0.2, 0) is 11.3 Å². The molecule has 7 nitrogen and oxygen atoms in total. The highest BCUT2D eigenvalue weighted by Gasteiger charge is 2.16. The monoisotopic (exact) mass is 330 g/mol. The number of hydrogen-bond donors (Lipinski definition) is 1. The van der Waals surface area contributed by atoms with Crippen LogP contribution in [0.3, 0.4) is 0 Å². The molecule has 0 aliphatic heterocycles. The van der Waals surface area contributed by atoms with E-state index in [2.05, 4.69) is 9.88 Å². The highest BCUT2D eigenvalue weighted by atomic mass is 16.6. The van der Waals surface area contributed by atoms with Crippen LogP contribution < -0.4 is 14.6 Å². The number of aromatic nitrogens is 1. The van der Waals surface area contributed by atoms with Gasteiger partial charge in [-0.2, -0.15) is 0 Å². The number of nitrogens with one attached hydrogen (secondary N) is 1. The molecule has 0 saturated heterocycles. The highest BCUT2D eigenvalue weighted by Crippen LogP contribution is 2.29. The fourth-order valence-electron chi connectivity index (χ4n) is 2.30. The number of carbonyl (C=O) groups is 1. The van der Waals surface area contributed by atoms with Gasteiger partial charge in [-0.1, -0.05) is 6.07 Å². The average molecular weight is 330 g/mol. The second-order valence-corrected chi connectivity index (χ2v) is 5.26. The van der Waals surface area contributed by atoms with Gasteiger partial charge in [-0.25, -0.2) is 4.57 Å². The van der Waals surface area contributed by atoms with Crippen LogP contribution in [0.2, 0.25) is 0 Å². The normalized spacial score (nSPS) is 10.2. The number of pyridine rings is 1. The standard InChI is InChI=1S/C17H19N3O4/c1-24-16-9-8-14(13-15(16)20(22)23)18-17(21)7-3-6-12-19-10-4-2-5-11-19/h2,4-5,8-11,13H,3,6-7,12H2,1H3/p+1. The van der Waals surface area contributed by atoms with Gasteiger partial charge in [0, 0.05) is 36.7 Å². The van der Waals surface area contributed by atoms with E-state index < -0.39 is 4.92 Å². The van der Waals surface area contributed by atoms with E-state index in [4.69, 9.17) is 4.74 Å². The third-order valence-electron chi connectivity index (χ3n) is 3.51. The minimum absolute atomic E-state index is 0.160. The Hall–Kier alpha value is -2.96. The molecule has 126 valence electrons. The molecule has 2 aromatic rings. The first-order valence-corrected chi connectivity index (χ1v) is 7.66. The Morgan fingerprint density at radius 1 is 1.25 bits per heavy atom. The molecule has 0 spiro atoms. The molecule has 7 heteroatoms. The molecule has 1 amide bonds. The summed E-state index contributed by atoms with van der Waals surface area (Å²) in [6.07, 6.45) is 5.96. The molecule has 0 radical (unpaired) electrons. The zero-order chi connectivity index (χ0) is 17.4. The number of benzene rings is 1. The largest absolute Gasteiger partial charge is 0.490 e. The second-order valence-electron chi connectivity index (χ2n) is 5.26. The van der Waals surface area contributed by atoms with Gasteiger partial charge >= 0.3 is 5.69 Å². The summed E-state index contributed by atoms with van der Waals surface area (Å²) in [6, 6.07) is 10.2. The van der Waals surface area contributed by atoms with Crippen molar-refractivity contribution < 1.29 is 19.0 Å². The van der Waals surface area contributed by atoms with Gasteiger partial charge in [-0.05, 0) is 18.6 Å². The number of rotatable bonds is 8. The third kappa shape index (κ3) is 5.05. The van der Waals surface area contributed by atoms with Crippen molar-refractivity contribution in [1.82, 2.24) is 0 Å². The van der Waals surface area contributed by atoms with Crippen LogP contribution >= 0.6 is 0 Å². The fourth-order valence-corrected chi connectivity index (χ4v) is 2.30. The van der Waals surface area contributed by atoms with Crippen molar-refractivity contribution in [3.8, 4) is 5.75 Å². The van der Waals surface area contributed by atoms with E-state index >= 15 is 0 Å². The minimum atomic E-state index is -0.536. The van der Waals surface area contributed by atoms with Crippen molar-refractivity contribution in [2.45, 2.75) is 25.8 Å². The maximum Gasteiger partial charge on any atom is 0.312 e. The van der Waals surface area contributed by atoms with E-state index in [1.807, 2.05) is 30.6 Å². The molecular weight excluding hydrogens is 310 g/mol. The first-order chi connectivity index (χ1) is 11.6. The lowest BCUT2D eigenvalue weighted by atomic mass is 10.2. The molecule has 1 aromatic heterocycles. The summed E-state index contributed by atoms with van der Waals surface area (Å²) in [5.41, 5.74) is 0.223. The summed E-state index contributed by atoms with van der Waals surface area (Å²) in [5, 5.41) is 13.7. The summed E-state index contributed by atoms with van der Waals surface area (Å²) in [4.78, 5) is 22.4. The Balaban J connectivity index is 1.82. The van der Waals surface area contributed by atoms with Gasteiger partial charge in [0.05, 0.1) is 12.0 Å². The van der Waals surface area contributed by atoms with Crippen LogP contribution in [0, 0.1) is 10.1 Å². The number of anilines is 1. The number of carbonyl (C=O) groups excluding carboxylic acids is 1. The van der Waals surface area contributed by atoms with Crippen molar-refractivity contribution in [2.75, 3.05) is 12.4 Å². The number of amides is 1.